The number of fused-ring (bicyclic) bond motifs is 1. The highest BCUT2D eigenvalue weighted by Gasteiger charge is 2.22. The Hall–Kier alpha value is -3.25. The molecule has 158 valence electrons. The second-order valence-corrected chi connectivity index (χ2v) is 8.17. The molecule has 1 saturated heterocycles. The minimum Gasteiger partial charge on any atom is -0.353 e. The number of rotatable bonds is 6. The van der Waals surface area contributed by atoms with E-state index in [2.05, 4.69) is 50.1 Å². The summed E-state index contributed by atoms with van der Waals surface area (Å²) in [5.74, 6) is 0.609. The summed E-state index contributed by atoms with van der Waals surface area (Å²) >= 11 is 0. The fourth-order valence-corrected chi connectivity index (χ4v) is 4.25. The Morgan fingerprint density at radius 2 is 1.61 bits per heavy atom. The molecule has 1 fully saturated rings. The van der Waals surface area contributed by atoms with Crippen LogP contribution in [0, 0.1) is 5.82 Å². The van der Waals surface area contributed by atoms with Crippen molar-refractivity contribution < 1.29 is 4.39 Å². The lowest BCUT2D eigenvalue weighted by Crippen LogP contribution is -2.39. The van der Waals surface area contributed by atoms with Gasteiger partial charge in [-0.2, -0.15) is 0 Å². The van der Waals surface area contributed by atoms with Gasteiger partial charge in [-0.1, -0.05) is 42.5 Å². The molecule has 31 heavy (non-hydrogen) atoms. The molecule has 5 rings (SSSR count). The number of hydrogen-bond acceptors (Lipinski definition) is 4. The molecule has 1 aliphatic heterocycles. The Kier molecular flexibility index (Phi) is 5.63. The molecular formula is C25H26FN5. The maximum Gasteiger partial charge on any atom is 0.205 e. The third-order valence-electron chi connectivity index (χ3n) is 5.93. The maximum absolute atomic E-state index is 13.3. The normalized spacial score (nSPS) is 15.4. The van der Waals surface area contributed by atoms with Crippen molar-refractivity contribution in [3.05, 3.63) is 89.9 Å². The van der Waals surface area contributed by atoms with Crippen LogP contribution in [-0.2, 0) is 13.1 Å². The van der Waals surface area contributed by atoms with Gasteiger partial charge in [0.05, 0.1) is 6.54 Å². The fraction of sp³-hybridized carbons (Fsp3) is 0.280. The molecule has 0 bridgehead atoms. The summed E-state index contributed by atoms with van der Waals surface area (Å²) in [6.07, 6.45) is 3.93. The first-order valence-corrected chi connectivity index (χ1v) is 10.8. The average molecular weight is 416 g/mol. The van der Waals surface area contributed by atoms with E-state index in [4.69, 9.17) is 4.98 Å². The standard InChI is InChI=1S/C25H26FN5/c26-21-10-8-20(9-11-21)18-31-24-23(7-4-14-27-24)29-25(31)28-22-12-15-30(16-13-22)17-19-5-2-1-3-6-19/h1-11,14,22H,12-13,15-18H2,(H,28,29). The number of hydrogen-bond donors (Lipinski definition) is 1. The molecular weight excluding hydrogens is 389 g/mol. The highest BCUT2D eigenvalue weighted by molar-refractivity contribution is 5.74. The Bertz CT molecular complexity index is 1130. The van der Waals surface area contributed by atoms with Gasteiger partial charge in [-0.05, 0) is 48.2 Å². The van der Waals surface area contributed by atoms with Crippen LogP contribution in [0.5, 0.6) is 0 Å². The van der Waals surface area contributed by atoms with Gasteiger partial charge < -0.3 is 5.32 Å². The molecule has 0 unspecified atom stereocenters. The summed E-state index contributed by atoms with van der Waals surface area (Å²) in [5.41, 5.74) is 4.10. The first kappa shape index (κ1) is 19.7. The minimum atomic E-state index is -0.224. The van der Waals surface area contributed by atoms with Crippen LogP contribution >= 0.6 is 0 Å². The van der Waals surface area contributed by atoms with Crippen molar-refractivity contribution in [3.63, 3.8) is 0 Å². The van der Waals surface area contributed by atoms with Crippen molar-refractivity contribution in [2.45, 2.75) is 32.0 Å². The van der Waals surface area contributed by atoms with Gasteiger partial charge in [0, 0.05) is 31.9 Å². The molecule has 1 N–H and O–H groups in total. The first-order chi connectivity index (χ1) is 15.2. The molecule has 4 aromatic rings. The number of imidazole rings is 1. The Morgan fingerprint density at radius 3 is 2.39 bits per heavy atom. The number of likely N-dealkylation sites (tertiary alicyclic amines) is 1. The molecule has 0 spiro atoms. The number of pyridine rings is 1. The number of nitrogens with zero attached hydrogens (tertiary/aromatic N) is 4. The van der Waals surface area contributed by atoms with Gasteiger partial charge >= 0.3 is 0 Å². The van der Waals surface area contributed by atoms with Crippen LogP contribution in [-0.4, -0.2) is 38.6 Å². The van der Waals surface area contributed by atoms with Crippen LogP contribution < -0.4 is 5.32 Å². The summed E-state index contributed by atoms with van der Waals surface area (Å²) < 4.78 is 15.4. The highest BCUT2D eigenvalue weighted by atomic mass is 19.1. The van der Waals surface area contributed by atoms with Crippen LogP contribution in [0.3, 0.4) is 0 Å². The number of anilines is 1. The van der Waals surface area contributed by atoms with E-state index in [0.717, 1.165) is 55.2 Å². The highest BCUT2D eigenvalue weighted by Crippen LogP contribution is 2.23. The van der Waals surface area contributed by atoms with Gasteiger partial charge in [0.2, 0.25) is 5.95 Å². The van der Waals surface area contributed by atoms with Gasteiger partial charge in [0.1, 0.15) is 11.3 Å². The lowest BCUT2D eigenvalue weighted by atomic mass is 10.0. The third-order valence-corrected chi connectivity index (χ3v) is 5.93. The molecule has 1 aliphatic rings. The van der Waals surface area contributed by atoms with Gasteiger partial charge in [-0.15, -0.1) is 0 Å². The van der Waals surface area contributed by atoms with Crippen LogP contribution in [0.4, 0.5) is 10.3 Å². The lowest BCUT2D eigenvalue weighted by Gasteiger charge is -2.32. The molecule has 0 amide bonds. The van der Waals surface area contributed by atoms with Crippen molar-refractivity contribution in [2.24, 2.45) is 0 Å². The Labute approximate surface area is 181 Å². The Balaban J connectivity index is 1.29. The van der Waals surface area contributed by atoms with E-state index in [1.165, 1.54) is 17.7 Å². The second kappa shape index (κ2) is 8.86. The summed E-state index contributed by atoms with van der Waals surface area (Å²) in [7, 11) is 0. The molecule has 0 aliphatic carbocycles. The number of piperidine rings is 1. The first-order valence-electron chi connectivity index (χ1n) is 10.8. The molecule has 0 saturated carbocycles. The zero-order chi connectivity index (χ0) is 21.0. The zero-order valence-electron chi connectivity index (χ0n) is 17.4. The molecule has 0 atom stereocenters. The van der Waals surface area contributed by atoms with Crippen molar-refractivity contribution in [3.8, 4) is 0 Å². The maximum atomic E-state index is 13.3. The lowest BCUT2D eigenvalue weighted by molar-refractivity contribution is 0.211. The minimum absolute atomic E-state index is 0.224. The fourth-order valence-electron chi connectivity index (χ4n) is 4.25. The van der Waals surface area contributed by atoms with E-state index in [1.54, 1.807) is 6.20 Å². The molecule has 0 radical (unpaired) electrons. The van der Waals surface area contributed by atoms with Crippen molar-refractivity contribution in [2.75, 3.05) is 18.4 Å². The number of nitrogens with one attached hydrogen (secondary N) is 1. The van der Waals surface area contributed by atoms with E-state index in [0.29, 0.717) is 12.6 Å². The number of benzene rings is 2. The second-order valence-electron chi connectivity index (χ2n) is 8.17. The van der Waals surface area contributed by atoms with Gasteiger partial charge in [0.25, 0.3) is 0 Å². The smallest absolute Gasteiger partial charge is 0.205 e. The largest absolute Gasteiger partial charge is 0.353 e. The van der Waals surface area contributed by atoms with E-state index >= 15 is 0 Å². The van der Waals surface area contributed by atoms with E-state index < -0.39 is 0 Å². The average Bonchev–Trinajstić information content (AvgIpc) is 3.14. The predicted octanol–water partition coefficient (Wildman–Crippen LogP) is 4.70. The summed E-state index contributed by atoms with van der Waals surface area (Å²) in [6, 6.07) is 21.5. The van der Waals surface area contributed by atoms with E-state index in [9.17, 15) is 4.39 Å². The van der Waals surface area contributed by atoms with Gasteiger partial charge in [-0.3, -0.25) is 9.47 Å². The van der Waals surface area contributed by atoms with Crippen LogP contribution in [0.25, 0.3) is 11.2 Å². The Morgan fingerprint density at radius 1 is 0.871 bits per heavy atom. The molecule has 5 nitrogen and oxygen atoms in total. The quantitative estimate of drug-likeness (QED) is 0.496. The monoisotopic (exact) mass is 415 g/mol. The topological polar surface area (TPSA) is 46.0 Å². The van der Waals surface area contributed by atoms with Crippen molar-refractivity contribution >= 4 is 17.1 Å². The SMILES string of the molecule is Fc1ccc(Cn2c(NC3CCN(Cc4ccccc4)CC3)nc3cccnc32)cc1. The van der Waals surface area contributed by atoms with Gasteiger partial charge in [0.15, 0.2) is 5.65 Å². The van der Waals surface area contributed by atoms with Gasteiger partial charge in [-0.25, -0.2) is 14.4 Å². The third kappa shape index (κ3) is 4.59. The summed E-state index contributed by atoms with van der Waals surface area (Å²) in [4.78, 5) is 11.9. The van der Waals surface area contributed by atoms with Crippen molar-refractivity contribution in [1.82, 2.24) is 19.4 Å². The summed E-state index contributed by atoms with van der Waals surface area (Å²) in [6.45, 7) is 3.72. The zero-order valence-corrected chi connectivity index (χ0v) is 17.4. The molecule has 3 heterocycles. The van der Waals surface area contributed by atoms with Crippen LogP contribution in [0.2, 0.25) is 0 Å². The molecule has 2 aromatic heterocycles. The van der Waals surface area contributed by atoms with Crippen LogP contribution in [0.15, 0.2) is 72.9 Å². The van der Waals surface area contributed by atoms with Crippen molar-refractivity contribution in [1.29, 1.82) is 0 Å². The van der Waals surface area contributed by atoms with E-state index in [1.807, 2.05) is 24.3 Å². The van der Waals surface area contributed by atoms with E-state index in [-0.39, 0.29) is 5.82 Å². The summed E-state index contributed by atoms with van der Waals surface area (Å²) in [5, 5.41) is 3.67. The van der Waals surface area contributed by atoms with Crippen LogP contribution in [0.1, 0.15) is 24.0 Å². The predicted molar refractivity (Wildman–Crippen MR) is 121 cm³/mol. The number of halogens is 1. The number of aromatic nitrogens is 3. The molecule has 6 heteroatoms. The molecule has 2 aromatic carbocycles.